The van der Waals surface area contributed by atoms with Gasteiger partial charge in [-0.15, -0.1) is 0 Å². The molecule has 0 atom stereocenters. The first-order chi connectivity index (χ1) is 8.20. The molecule has 0 amide bonds. The van der Waals surface area contributed by atoms with E-state index >= 15 is 0 Å². The Labute approximate surface area is 116 Å². The number of hydrogen-bond acceptors (Lipinski definition) is 3. The van der Waals surface area contributed by atoms with Gasteiger partial charge in [0.25, 0.3) is 0 Å². The van der Waals surface area contributed by atoms with Crippen molar-refractivity contribution in [2.45, 2.75) is 52.7 Å². The Hall–Kier alpha value is -0.800. The van der Waals surface area contributed by atoms with E-state index in [1.807, 2.05) is 19.2 Å². The third kappa shape index (κ3) is 4.46. The first-order valence-corrected chi connectivity index (χ1v) is 6.72. The van der Waals surface area contributed by atoms with Gasteiger partial charge in [-0.2, -0.15) is 0 Å². The largest absolute Gasteiger partial charge is 0.357 e. The van der Waals surface area contributed by atoms with Crippen molar-refractivity contribution in [2.24, 2.45) is 0 Å². The van der Waals surface area contributed by atoms with Gasteiger partial charge in [0.05, 0.1) is 10.7 Å². The van der Waals surface area contributed by atoms with Gasteiger partial charge in [0.1, 0.15) is 5.82 Å². The normalized spacial score (nSPS) is 12.0. The van der Waals surface area contributed by atoms with Gasteiger partial charge in [0, 0.05) is 25.2 Å². The number of nitrogens with zero attached hydrogens (tertiary/aromatic N) is 2. The van der Waals surface area contributed by atoms with Gasteiger partial charge < -0.3 is 10.2 Å². The molecule has 0 bridgehead atoms. The Morgan fingerprint density at radius 2 is 1.94 bits per heavy atom. The molecule has 3 nitrogen and oxygen atoms in total. The molecule has 1 heterocycles. The zero-order chi connectivity index (χ0) is 13.9. The van der Waals surface area contributed by atoms with Gasteiger partial charge in [0.15, 0.2) is 0 Å². The highest BCUT2D eigenvalue weighted by molar-refractivity contribution is 6.31. The standard InChI is InChI=1S/C14H24ClN3/c1-10(2)18(6)13-8-7-11(15)12(17-13)9-16-14(3,4)5/h7-8,10,16H,9H2,1-6H3. The van der Waals surface area contributed by atoms with Crippen LogP contribution in [0.4, 0.5) is 5.82 Å². The number of halogens is 1. The molecule has 1 rings (SSSR count). The van der Waals surface area contributed by atoms with Crippen molar-refractivity contribution in [2.75, 3.05) is 11.9 Å². The predicted octanol–water partition coefficient (Wildman–Crippen LogP) is 3.47. The average Bonchev–Trinajstić information content (AvgIpc) is 2.25. The molecule has 0 unspecified atom stereocenters. The summed E-state index contributed by atoms with van der Waals surface area (Å²) in [6.45, 7) is 11.4. The van der Waals surface area contributed by atoms with Crippen molar-refractivity contribution in [1.82, 2.24) is 10.3 Å². The summed E-state index contributed by atoms with van der Waals surface area (Å²) < 4.78 is 0. The molecular formula is C14H24ClN3. The van der Waals surface area contributed by atoms with E-state index in [1.165, 1.54) is 0 Å². The maximum Gasteiger partial charge on any atom is 0.128 e. The maximum atomic E-state index is 6.19. The van der Waals surface area contributed by atoms with E-state index in [9.17, 15) is 0 Å². The fourth-order valence-corrected chi connectivity index (χ4v) is 1.58. The zero-order valence-corrected chi connectivity index (χ0v) is 13.0. The van der Waals surface area contributed by atoms with Crippen LogP contribution in [-0.2, 0) is 6.54 Å². The molecule has 1 N–H and O–H groups in total. The number of pyridine rings is 1. The van der Waals surface area contributed by atoms with E-state index in [0.717, 1.165) is 11.5 Å². The van der Waals surface area contributed by atoms with Crippen molar-refractivity contribution >= 4 is 17.4 Å². The lowest BCUT2D eigenvalue weighted by atomic mass is 10.1. The van der Waals surface area contributed by atoms with Crippen LogP contribution in [0.3, 0.4) is 0 Å². The van der Waals surface area contributed by atoms with Crippen LogP contribution in [0.5, 0.6) is 0 Å². The van der Waals surface area contributed by atoms with Crippen LogP contribution in [0.2, 0.25) is 5.02 Å². The highest BCUT2D eigenvalue weighted by atomic mass is 35.5. The number of aromatic nitrogens is 1. The summed E-state index contributed by atoms with van der Waals surface area (Å²) in [4.78, 5) is 6.76. The summed E-state index contributed by atoms with van der Waals surface area (Å²) in [6.07, 6.45) is 0. The van der Waals surface area contributed by atoms with Crippen LogP contribution in [0.25, 0.3) is 0 Å². The van der Waals surface area contributed by atoms with Crippen LogP contribution in [-0.4, -0.2) is 23.6 Å². The Bertz CT molecular complexity index is 397. The number of anilines is 1. The summed E-state index contributed by atoms with van der Waals surface area (Å²) in [6, 6.07) is 4.30. The minimum absolute atomic E-state index is 0.0605. The smallest absolute Gasteiger partial charge is 0.128 e. The van der Waals surface area contributed by atoms with Crippen molar-refractivity contribution in [1.29, 1.82) is 0 Å². The van der Waals surface area contributed by atoms with Crippen molar-refractivity contribution in [3.8, 4) is 0 Å². The van der Waals surface area contributed by atoms with Gasteiger partial charge in [-0.05, 0) is 46.8 Å². The first kappa shape index (κ1) is 15.3. The van der Waals surface area contributed by atoms with Gasteiger partial charge in [0.2, 0.25) is 0 Å². The Kier molecular flexibility index (Phi) is 5.00. The van der Waals surface area contributed by atoms with Crippen molar-refractivity contribution in [3.63, 3.8) is 0 Å². The highest BCUT2D eigenvalue weighted by Gasteiger charge is 2.13. The molecule has 102 valence electrons. The number of rotatable bonds is 4. The van der Waals surface area contributed by atoms with Crippen LogP contribution in [0, 0.1) is 0 Å². The molecular weight excluding hydrogens is 246 g/mol. The third-order valence-corrected chi connectivity index (χ3v) is 3.17. The SMILES string of the molecule is CC(C)N(C)c1ccc(Cl)c(CNC(C)(C)C)n1. The van der Waals surface area contributed by atoms with E-state index in [2.05, 4.69) is 49.8 Å². The van der Waals surface area contributed by atoms with E-state index in [4.69, 9.17) is 11.6 Å². The molecule has 0 radical (unpaired) electrons. The minimum Gasteiger partial charge on any atom is -0.357 e. The topological polar surface area (TPSA) is 28.2 Å². The van der Waals surface area contributed by atoms with Gasteiger partial charge in [-0.3, -0.25) is 0 Å². The molecule has 0 spiro atoms. The molecule has 0 aliphatic heterocycles. The molecule has 1 aromatic rings. The average molecular weight is 270 g/mol. The molecule has 0 saturated heterocycles. The minimum atomic E-state index is 0.0605. The van der Waals surface area contributed by atoms with Crippen LogP contribution >= 0.6 is 11.6 Å². The molecule has 4 heteroatoms. The maximum absolute atomic E-state index is 6.19. The van der Waals surface area contributed by atoms with E-state index in [1.54, 1.807) is 0 Å². The van der Waals surface area contributed by atoms with Crippen LogP contribution < -0.4 is 10.2 Å². The molecule has 0 aliphatic carbocycles. The summed E-state index contributed by atoms with van der Waals surface area (Å²) in [5.74, 6) is 0.958. The summed E-state index contributed by atoms with van der Waals surface area (Å²) in [7, 11) is 2.04. The first-order valence-electron chi connectivity index (χ1n) is 6.34. The lowest BCUT2D eigenvalue weighted by molar-refractivity contribution is 0.421. The summed E-state index contributed by atoms with van der Waals surface area (Å²) in [5, 5.41) is 4.12. The van der Waals surface area contributed by atoms with Crippen LogP contribution in [0.1, 0.15) is 40.3 Å². The second-order valence-corrected chi connectivity index (χ2v) is 6.31. The van der Waals surface area contributed by atoms with E-state index in [0.29, 0.717) is 17.6 Å². The molecule has 0 fully saturated rings. The lowest BCUT2D eigenvalue weighted by Crippen LogP contribution is -2.35. The van der Waals surface area contributed by atoms with Crippen molar-refractivity contribution in [3.05, 3.63) is 22.8 Å². The molecule has 18 heavy (non-hydrogen) atoms. The predicted molar refractivity (Wildman–Crippen MR) is 79.4 cm³/mol. The number of nitrogens with one attached hydrogen (secondary N) is 1. The van der Waals surface area contributed by atoms with Crippen molar-refractivity contribution < 1.29 is 0 Å². The second-order valence-electron chi connectivity index (χ2n) is 5.91. The molecule has 0 saturated carbocycles. The van der Waals surface area contributed by atoms with E-state index < -0.39 is 0 Å². The zero-order valence-electron chi connectivity index (χ0n) is 12.2. The van der Waals surface area contributed by atoms with Crippen LogP contribution in [0.15, 0.2) is 12.1 Å². The van der Waals surface area contributed by atoms with Gasteiger partial charge in [-0.25, -0.2) is 4.98 Å². The summed E-state index contributed by atoms with van der Waals surface area (Å²) in [5.41, 5.74) is 0.960. The second kappa shape index (κ2) is 5.89. The number of hydrogen-bond donors (Lipinski definition) is 1. The lowest BCUT2D eigenvalue weighted by Gasteiger charge is -2.24. The van der Waals surface area contributed by atoms with Gasteiger partial charge in [-0.1, -0.05) is 11.6 Å². The Balaban J connectivity index is 2.88. The fraction of sp³-hybridized carbons (Fsp3) is 0.643. The quantitative estimate of drug-likeness (QED) is 0.907. The highest BCUT2D eigenvalue weighted by Crippen LogP contribution is 2.20. The summed E-state index contributed by atoms with van der Waals surface area (Å²) >= 11 is 6.19. The molecule has 0 aromatic carbocycles. The Morgan fingerprint density at radius 3 is 2.44 bits per heavy atom. The monoisotopic (exact) mass is 269 g/mol. The van der Waals surface area contributed by atoms with Gasteiger partial charge >= 0.3 is 0 Å². The molecule has 1 aromatic heterocycles. The van der Waals surface area contributed by atoms with E-state index in [-0.39, 0.29) is 5.54 Å². The molecule has 0 aliphatic rings. The Morgan fingerprint density at radius 1 is 1.33 bits per heavy atom. The third-order valence-electron chi connectivity index (χ3n) is 2.83. The fourth-order valence-electron chi connectivity index (χ4n) is 1.41.